The van der Waals surface area contributed by atoms with E-state index in [0.29, 0.717) is 27.7 Å². The van der Waals surface area contributed by atoms with Crippen molar-refractivity contribution in [3.8, 4) is 5.75 Å². The highest BCUT2D eigenvalue weighted by Gasteiger charge is 2.13. The Hall–Kier alpha value is -1.19. The number of hydrogen-bond donors (Lipinski definition) is 1. The van der Waals surface area contributed by atoms with Gasteiger partial charge < -0.3 is 9.72 Å². The van der Waals surface area contributed by atoms with Gasteiger partial charge in [-0.05, 0) is 18.6 Å². The van der Waals surface area contributed by atoms with Crippen molar-refractivity contribution in [3.05, 3.63) is 28.4 Å². The number of aromatic amines is 1. The highest BCUT2D eigenvalue weighted by atomic mass is 35.5. The minimum Gasteiger partial charge on any atom is -0.424 e. The van der Waals surface area contributed by atoms with Gasteiger partial charge in [-0.3, -0.25) is 4.79 Å². The zero-order chi connectivity index (χ0) is 15.2. The van der Waals surface area contributed by atoms with Crippen molar-refractivity contribution >= 4 is 40.1 Å². The van der Waals surface area contributed by atoms with Crippen molar-refractivity contribution in [3.63, 3.8) is 0 Å². The molecule has 114 valence electrons. The number of fused-ring (bicyclic) bond motifs is 1. The molecule has 0 aliphatic heterocycles. The largest absolute Gasteiger partial charge is 0.424 e. The predicted molar refractivity (Wildman–Crippen MR) is 87.3 cm³/mol. The van der Waals surface area contributed by atoms with Crippen molar-refractivity contribution in [2.45, 2.75) is 45.4 Å². The van der Waals surface area contributed by atoms with Gasteiger partial charge in [-0.2, -0.15) is 0 Å². The van der Waals surface area contributed by atoms with Crippen LogP contribution in [0.2, 0.25) is 10.0 Å². The number of rotatable bonds is 7. The quantitative estimate of drug-likeness (QED) is 0.520. The second-order valence-electron chi connectivity index (χ2n) is 5.08. The van der Waals surface area contributed by atoms with E-state index in [1.54, 1.807) is 18.3 Å². The standard InChI is InChI=1S/C16H19Cl2NO2/c1-2-3-4-5-6-7-14(20)21-13-10-19-16-11(13)8-9-12(17)15(16)18/h8-10,19H,2-7H2,1H3. The number of unbranched alkanes of at least 4 members (excludes halogenated alkanes) is 4. The molecule has 2 rings (SSSR count). The molecule has 0 aliphatic rings. The molecule has 1 heterocycles. The average Bonchev–Trinajstić information content (AvgIpc) is 2.86. The maximum absolute atomic E-state index is 11.8. The lowest BCUT2D eigenvalue weighted by Gasteiger charge is -2.03. The van der Waals surface area contributed by atoms with Crippen LogP contribution in [-0.4, -0.2) is 11.0 Å². The van der Waals surface area contributed by atoms with E-state index >= 15 is 0 Å². The molecule has 0 saturated carbocycles. The molecule has 0 unspecified atom stereocenters. The van der Waals surface area contributed by atoms with Crippen LogP contribution in [0.1, 0.15) is 45.4 Å². The van der Waals surface area contributed by atoms with Gasteiger partial charge in [0.25, 0.3) is 0 Å². The first-order chi connectivity index (χ1) is 10.1. The van der Waals surface area contributed by atoms with Gasteiger partial charge in [0, 0.05) is 18.0 Å². The molecule has 0 radical (unpaired) electrons. The highest BCUT2D eigenvalue weighted by Crippen LogP contribution is 2.35. The molecule has 2 aromatic rings. The van der Waals surface area contributed by atoms with E-state index in [1.807, 2.05) is 0 Å². The number of nitrogens with one attached hydrogen (secondary N) is 1. The minimum atomic E-state index is -0.210. The van der Waals surface area contributed by atoms with Crippen LogP contribution in [-0.2, 0) is 4.79 Å². The summed E-state index contributed by atoms with van der Waals surface area (Å²) >= 11 is 12.1. The van der Waals surface area contributed by atoms with E-state index in [-0.39, 0.29) is 5.97 Å². The first-order valence-electron chi connectivity index (χ1n) is 7.29. The van der Waals surface area contributed by atoms with Crippen LogP contribution in [0, 0.1) is 0 Å². The van der Waals surface area contributed by atoms with E-state index in [1.165, 1.54) is 19.3 Å². The topological polar surface area (TPSA) is 42.1 Å². The Bertz CT molecular complexity index is 622. The molecule has 21 heavy (non-hydrogen) atoms. The number of benzene rings is 1. The lowest BCUT2D eigenvalue weighted by molar-refractivity contribution is -0.134. The fourth-order valence-electron chi connectivity index (χ4n) is 2.24. The summed E-state index contributed by atoms with van der Waals surface area (Å²) in [5.41, 5.74) is 0.690. The van der Waals surface area contributed by atoms with Gasteiger partial charge in [0.2, 0.25) is 0 Å². The molecule has 1 N–H and O–H groups in total. The van der Waals surface area contributed by atoms with Gasteiger partial charge in [-0.1, -0.05) is 55.8 Å². The van der Waals surface area contributed by atoms with Gasteiger partial charge in [-0.25, -0.2) is 0 Å². The molecule has 1 aromatic heterocycles. The normalized spacial score (nSPS) is 11.0. The van der Waals surface area contributed by atoms with E-state index in [2.05, 4.69) is 11.9 Å². The van der Waals surface area contributed by atoms with Crippen LogP contribution >= 0.6 is 23.2 Å². The molecule has 0 spiro atoms. The smallest absolute Gasteiger partial charge is 0.311 e. The second-order valence-corrected chi connectivity index (χ2v) is 5.86. The number of carbonyl (C=O) groups is 1. The highest BCUT2D eigenvalue weighted by molar-refractivity contribution is 6.45. The Morgan fingerprint density at radius 1 is 1.19 bits per heavy atom. The molecule has 0 bridgehead atoms. The number of halogens is 2. The summed E-state index contributed by atoms with van der Waals surface area (Å²) in [6.45, 7) is 2.17. The van der Waals surface area contributed by atoms with E-state index in [0.717, 1.165) is 18.2 Å². The third-order valence-corrected chi connectivity index (χ3v) is 4.22. The molecular formula is C16H19Cl2NO2. The summed E-state index contributed by atoms with van der Waals surface area (Å²) in [6, 6.07) is 3.49. The first kappa shape index (κ1) is 16.2. The summed E-state index contributed by atoms with van der Waals surface area (Å²) in [7, 11) is 0. The van der Waals surface area contributed by atoms with Crippen molar-refractivity contribution in [1.29, 1.82) is 0 Å². The van der Waals surface area contributed by atoms with Crippen molar-refractivity contribution in [2.24, 2.45) is 0 Å². The minimum absolute atomic E-state index is 0.210. The summed E-state index contributed by atoms with van der Waals surface area (Å²) in [5.74, 6) is 0.292. The number of esters is 1. The molecule has 0 saturated heterocycles. The number of H-pyrrole nitrogens is 1. The SMILES string of the molecule is CCCCCCCC(=O)Oc1c[nH]c2c(Cl)c(Cl)ccc12. The molecule has 0 fully saturated rings. The third-order valence-electron chi connectivity index (χ3n) is 3.42. The molecule has 0 aliphatic carbocycles. The van der Waals surface area contributed by atoms with Gasteiger partial charge in [0.1, 0.15) is 0 Å². The van der Waals surface area contributed by atoms with E-state index < -0.39 is 0 Å². The van der Waals surface area contributed by atoms with Crippen LogP contribution in [0.25, 0.3) is 10.9 Å². The van der Waals surface area contributed by atoms with Crippen LogP contribution < -0.4 is 4.74 Å². The molecule has 1 aromatic carbocycles. The summed E-state index contributed by atoms with van der Waals surface area (Å²) in [5, 5.41) is 1.68. The van der Waals surface area contributed by atoms with Gasteiger partial charge >= 0.3 is 5.97 Å². The first-order valence-corrected chi connectivity index (χ1v) is 8.04. The summed E-state index contributed by atoms with van der Waals surface area (Å²) < 4.78 is 5.40. The Kier molecular flexibility index (Phi) is 5.95. The lowest BCUT2D eigenvalue weighted by Crippen LogP contribution is -2.07. The Labute approximate surface area is 134 Å². The second kappa shape index (κ2) is 7.71. The summed E-state index contributed by atoms with van der Waals surface area (Å²) in [6.07, 6.45) is 7.61. The number of carbonyl (C=O) groups excluding carboxylic acids is 1. The van der Waals surface area contributed by atoms with Gasteiger partial charge in [-0.15, -0.1) is 0 Å². The monoisotopic (exact) mass is 327 g/mol. The van der Waals surface area contributed by atoms with Gasteiger partial charge in [0.15, 0.2) is 5.75 Å². The van der Waals surface area contributed by atoms with Crippen molar-refractivity contribution in [1.82, 2.24) is 4.98 Å². The lowest BCUT2D eigenvalue weighted by atomic mass is 10.1. The van der Waals surface area contributed by atoms with Crippen molar-refractivity contribution in [2.75, 3.05) is 0 Å². The van der Waals surface area contributed by atoms with Crippen LogP contribution in [0.3, 0.4) is 0 Å². The van der Waals surface area contributed by atoms with Gasteiger partial charge in [0.05, 0.1) is 15.6 Å². The molecule has 0 amide bonds. The number of ether oxygens (including phenoxy) is 1. The van der Waals surface area contributed by atoms with Crippen molar-refractivity contribution < 1.29 is 9.53 Å². The maximum atomic E-state index is 11.8. The predicted octanol–water partition coefficient (Wildman–Crippen LogP) is 5.74. The van der Waals surface area contributed by atoms with Crippen LogP contribution in [0.15, 0.2) is 18.3 Å². The van der Waals surface area contributed by atoms with E-state index in [9.17, 15) is 4.79 Å². The number of hydrogen-bond acceptors (Lipinski definition) is 2. The zero-order valence-electron chi connectivity index (χ0n) is 12.0. The van der Waals surface area contributed by atoms with E-state index in [4.69, 9.17) is 27.9 Å². The molecule has 0 atom stereocenters. The Balaban J connectivity index is 1.94. The summed E-state index contributed by atoms with van der Waals surface area (Å²) in [4.78, 5) is 14.8. The third kappa shape index (κ3) is 4.14. The molecule has 3 nitrogen and oxygen atoms in total. The fraction of sp³-hybridized carbons (Fsp3) is 0.438. The van der Waals surface area contributed by atoms with Crippen LogP contribution in [0.5, 0.6) is 5.75 Å². The average molecular weight is 328 g/mol. The van der Waals surface area contributed by atoms with Crippen LogP contribution in [0.4, 0.5) is 0 Å². The Morgan fingerprint density at radius 3 is 2.71 bits per heavy atom. The Morgan fingerprint density at radius 2 is 1.95 bits per heavy atom. The maximum Gasteiger partial charge on any atom is 0.311 e. The fourth-order valence-corrected chi connectivity index (χ4v) is 2.62. The molecular weight excluding hydrogens is 309 g/mol. The zero-order valence-corrected chi connectivity index (χ0v) is 13.6. The number of aromatic nitrogens is 1. The molecule has 5 heteroatoms.